The van der Waals surface area contributed by atoms with Gasteiger partial charge in [-0.25, -0.2) is 8.78 Å². The van der Waals surface area contributed by atoms with E-state index in [4.69, 9.17) is 4.74 Å². The van der Waals surface area contributed by atoms with Crippen molar-refractivity contribution in [3.8, 4) is 0 Å². The number of rotatable bonds is 9. The van der Waals surface area contributed by atoms with Crippen LogP contribution < -0.4 is 0 Å². The van der Waals surface area contributed by atoms with Gasteiger partial charge < -0.3 is 14.4 Å². The van der Waals surface area contributed by atoms with E-state index in [0.717, 1.165) is 12.1 Å². The SMILES string of the molecule is COC(=O)CCN(CCCOC(C)C)C(=O)c1ccc(F)c(F)c1. The molecule has 1 aromatic carbocycles. The van der Waals surface area contributed by atoms with E-state index in [2.05, 4.69) is 4.74 Å². The van der Waals surface area contributed by atoms with Crippen LogP contribution in [0.4, 0.5) is 8.78 Å². The smallest absolute Gasteiger partial charge is 0.307 e. The van der Waals surface area contributed by atoms with Gasteiger partial charge in [0.1, 0.15) is 0 Å². The maximum atomic E-state index is 13.3. The van der Waals surface area contributed by atoms with Crippen molar-refractivity contribution in [1.29, 1.82) is 0 Å². The molecule has 0 aliphatic heterocycles. The van der Waals surface area contributed by atoms with Crippen LogP contribution >= 0.6 is 0 Å². The van der Waals surface area contributed by atoms with E-state index in [1.807, 2.05) is 13.8 Å². The Balaban J connectivity index is 2.75. The summed E-state index contributed by atoms with van der Waals surface area (Å²) in [6.07, 6.45) is 0.668. The quantitative estimate of drug-likeness (QED) is 0.511. The number of nitrogens with zero attached hydrogens (tertiary/aromatic N) is 1. The summed E-state index contributed by atoms with van der Waals surface area (Å²) in [5, 5.41) is 0. The van der Waals surface area contributed by atoms with Gasteiger partial charge in [-0.3, -0.25) is 9.59 Å². The molecule has 0 fully saturated rings. The number of amides is 1. The Kier molecular flexibility index (Phi) is 8.32. The summed E-state index contributed by atoms with van der Waals surface area (Å²) >= 11 is 0. The highest BCUT2D eigenvalue weighted by molar-refractivity contribution is 5.94. The van der Waals surface area contributed by atoms with Crippen LogP contribution in [0.5, 0.6) is 0 Å². The Morgan fingerprint density at radius 1 is 1.17 bits per heavy atom. The molecule has 0 radical (unpaired) electrons. The largest absolute Gasteiger partial charge is 0.469 e. The van der Waals surface area contributed by atoms with E-state index in [1.54, 1.807) is 0 Å². The van der Waals surface area contributed by atoms with Gasteiger partial charge in [-0.1, -0.05) is 0 Å². The van der Waals surface area contributed by atoms with E-state index in [1.165, 1.54) is 18.1 Å². The highest BCUT2D eigenvalue weighted by Gasteiger charge is 2.18. The third-order valence-corrected chi connectivity index (χ3v) is 3.29. The predicted molar refractivity (Wildman–Crippen MR) is 84.6 cm³/mol. The van der Waals surface area contributed by atoms with Crippen molar-refractivity contribution in [1.82, 2.24) is 4.90 Å². The fraction of sp³-hybridized carbons (Fsp3) is 0.529. The molecule has 0 spiro atoms. The second-order valence-electron chi connectivity index (χ2n) is 5.52. The van der Waals surface area contributed by atoms with Gasteiger partial charge in [0.2, 0.25) is 0 Å². The molecule has 24 heavy (non-hydrogen) atoms. The monoisotopic (exact) mass is 343 g/mol. The maximum Gasteiger partial charge on any atom is 0.307 e. The van der Waals surface area contributed by atoms with Gasteiger partial charge in [-0.2, -0.15) is 0 Å². The molecule has 0 atom stereocenters. The van der Waals surface area contributed by atoms with E-state index >= 15 is 0 Å². The lowest BCUT2D eigenvalue weighted by atomic mass is 10.1. The molecule has 0 heterocycles. The topological polar surface area (TPSA) is 55.8 Å². The highest BCUT2D eigenvalue weighted by atomic mass is 19.2. The molecule has 7 heteroatoms. The Hall–Kier alpha value is -2.02. The molecule has 5 nitrogen and oxygen atoms in total. The first kappa shape index (κ1) is 20.0. The molecule has 134 valence electrons. The van der Waals surface area contributed by atoms with Gasteiger partial charge in [0.25, 0.3) is 5.91 Å². The summed E-state index contributed by atoms with van der Waals surface area (Å²) in [7, 11) is 1.26. The average molecular weight is 343 g/mol. The molecule has 0 bridgehead atoms. The molecule has 0 N–H and O–H groups in total. The lowest BCUT2D eigenvalue weighted by molar-refractivity contribution is -0.140. The maximum absolute atomic E-state index is 13.3. The van der Waals surface area contributed by atoms with Crippen molar-refractivity contribution in [2.75, 3.05) is 26.8 Å². The van der Waals surface area contributed by atoms with Crippen LogP contribution in [0, 0.1) is 11.6 Å². The van der Waals surface area contributed by atoms with E-state index in [9.17, 15) is 18.4 Å². The number of esters is 1. The minimum atomic E-state index is -1.09. The zero-order valence-corrected chi connectivity index (χ0v) is 14.2. The van der Waals surface area contributed by atoms with Gasteiger partial charge in [0, 0.05) is 25.3 Å². The fourth-order valence-electron chi connectivity index (χ4n) is 2.03. The number of hydrogen-bond donors (Lipinski definition) is 0. The van der Waals surface area contributed by atoms with E-state index < -0.39 is 23.5 Å². The van der Waals surface area contributed by atoms with Gasteiger partial charge in [0.05, 0.1) is 19.6 Å². The van der Waals surface area contributed by atoms with Crippen molar-refractivity contribution >= 4 is 11.9 Å². The number of hydrogen-bond acceptors (Lipinski definition) is 4. The number of halogens is 2. The minimum Gasteiger partial charge on any atom is -0.469 e. The average Bonchev–Trinajstić information content (AvgIpc) is 2.55. The number of methoxy groups -OCH3 is 1. The Labute approximate surface area is 140 Å². The molecular weight excluding hydrogens is 320 g/mol. The Morgan fingerprint density at radius 2 is 1.88 bits per heavy atom. The molecule has 1 rings (SSSR count). The van der Waals surface area contributed by atoms with Gasteiger partial charge in [-0.05, 0) is 38.5 Å². The molecule has 0 aromatic heterocycles. The molecule has 0 unspecified atom stereocenters. The van der Waals surface area contributed by atoms with Crippen LogP contribution in [0.2, 0.25) is 0 Å². The van der Waals surface area contributed by atoms with Crippen LogP contribution in [-0.4, -0.2) is 49.7 Å². The molecule has 1 aromatic rings. The fourth-order valence-corrected chi connectivity index (χ4v) is 2.03. The summed E-state index contributed by atoms with van der Waals surface area (Å²) in [5.74, 6) is -3.02. The summed E-state index contributed by atoms with van der Waals surface area (Å²) in [4.78, 5) is 25.2. The molecule has 0 aliphatic carbocycles. The molecule has 0 aliphatic rings. The van der Waals surface area contributed by atoms with Crippen LogP contribution in [-0.2, 0) is 14.3 Å². The summed E-state index contributed by atoms with van der Waals surface area (Å²) < 4.78 is 36.3. The molecular formula is C17H23F2NO4. The second-order valence-corrected chi connectivity index (χ2v) is 5.52. The lowest BCUT2D eigenvalue weighted by Crippen LogP contribution is -2.34. The number of benzene rings is 1. The second kappa shape index (κ2) is 9.97. The van der Waals surface area contributed by atoms with Crippen LogP contribution in [0.3, 0.4) is 0 Å². The van der Waals surface area contributed by atoms with Crippen LogP contribution in [0.25, 0.3) is 0 Å². The standard InChI is InChI=1S/C17H23F2NO4/c1-12(2)24-10-4-8-20(9-7-16(21)23-3)17(22)13-5-6-14(18)15(19)11-13/h5-6,11-12H,4,7-10H2,1-3H3. The molecule has 0 saturated carbocycles. The van der Waals surface area contributed by atoms with Crippen molar-refractivity contribution in [3.63, 3.8) is 0 Å². The third kappa shape index (κ3) is 6.62. The van der Waals surface area contributed by atoms with Gasteiger partial charge in [-0.15, -0.1) is 0 Å². The van der Waals surface area contributed by atoms with Crippen molar-refractivity contribution in [2.24, 2.45) is 0 Å². The molecule has 1 amide bonds. The first-order chi connectivity index (χ1) is 11.3. The first-order valence-corrected chi connectivity index (χ1v) is 7.78. The van der Waals surface area contributed by atoms with Crippen molar-refractivity contribution in [2.45, 2.75) is 32.8 Å². The lowest BCUT2D eigenvalue weighted by Gasteiger charge is -2.22. The molecule has 0 saturated heterocycles. The number of ether oxygens (including phenoxy) is 2. The van der Waals surface area contributed by atoms with Crippen LogP contribution in [0.1, 0.15) is 37.0 Å². The van der Waals surface area contributed by atoms with Crippen molar-refractivity contribution in [3.05, 3.63) is 35.4 Å². The van der Waals surface area contributed by atoms with Crippen LogP contribution in [0.15, 0.2) is 18.2 Å². The summed E-state index contributed by atoms with van der Waals surface area (Å²) in [6, 6.07) is 2.98. The normalized spacial score (nSPS) is 10.8. The first-order valence-electron chi connectivity index (χ1n) is 7.78. The summed E-state index contributed by atoms with van der Waals surface area (Å²) in [5.41, 5.74) is 0.0311. The third-order valence-electron chi connectivity index (χ3n) is 3.29. The zero-order valence-electron chi connectivity index (χ0n) is 14.2. The van der Waals surface area contributed by atoms with E-state index in [0.29, 0.717) is 19.6 Å². The minimum absolute atomic E-state index is 0.0248. The van der Waals surface area contributed by atoms with Crippen molar-refractivity contribution < 1.29 is 27.8 Å². The number of carbonyl (C=O) groups is 2. The highest BCUT2D eigenvalue weighted by Crippen LogP contribution is 2.12. The van der Waals surface area contributed by atoms with Gasteiger partial charge >= 0.3 is 5.97 Å². The zero-order chi connectivity index (χ0) is 18.1. The van der Waals surface area contributed by atoms with E-state index in [-0.39, 0.29) is 24.6 Å². The number of carbonyl (C=O) groups excluding carboxylic acids is 2. The Bertz CT molecular complexity index is 564. The summed E-state index contributed by atoms with van der Waals surface area (Å²) in [6.45, 7) is 4.73. The Morgan fingerprint density at radius 3 is 2.46 bits per heavy atom. The van der Waals surface area contributed by atoms with Gasteiger partial charge in [0.15, 0.2) is 11.6 Å². The predicted octanol–water partition coefficient (Wildman–Crippen LogP) is 2.79.